The Bertz CT molecular complexity index is 667. The molecule has 1 aromatic carbocycles. The highest BCUT2D eigenvalue weighted by molar-refractivity contribution is 5.44. The zero-order valence-electron chi connectivity index (χ0n) is 11.5. The van der Waals surface area contributed by atoms with Gasteiger partial charge in [0.05, 0.1) is 23.1 Å². The maximum atomic E-state index is 10.8. The van der Waals surface area contributed by atoms with Gasteiger partial charge in [0, 0.05) is 30.0 Å². The van der Waals surface area contributed by atoms with E-state index in [4.69, 9.17) is 0 Å². The fourth-order valence-corrected chi connectivity index (χ4v) is 2.51. The van der Waals surface area contributed by atoms with Gasteiger partial charge >= 0.3 is 0 Å². The molecule has 1 aromatic rings. The molecular formula is C14H14N2O6. The molecular weight excluding hydrogens is 292 g/mol. The molecule has 2 rings (SSSR count). The zero-order valence-corrected chi connectivity index (χ0v) is 11.5. The van der Waals surface area contributed by atoms with Crippen molar-refractivity contribution < 1.29 is 20.1 Å². The first-order valence-electron chi connectivity index (χ1n) is 6.51. The molecule has 0 heterocycles. The van der Waals surface area contributed by atoms with E-state index in [2.05, 4.69) is 0 Å². The van der Waals surface area contributed by atoms with Gasteiger partial charge in [0.15, 0.2) is 0 Å². The fraction of sp³-hybridized carbons (Fsp3) is 0.286. The van der Waals surface area contributed by atoms with Crippen molar-refractivity contribution >= 4 is 5.69 Å². The molecule has 0 saturated carbocycles. The van der Waals surface area contributed by atoms with Gasteiger partial charge in [0.2, 0.25) is 0 Å². The van der Waals surface area contributed by atoms with Crippen molar-refractivity contribution in [3.63, 3.8) is 0 Å². The van der Waals surface area contributed by atoms with E-state index in [9.17, 15) is 30.4 Å². The summed E-state index contributed by atoms with van der Waals surface area (Å²) < 4.78 is 0. The highest BCUT2D eigenvalue weighted by Crippen LogP contribution is 2.35. The first-order valence-corrected chi connectivity index (χ1v) is 6.51. The second kappa shape index (κ2) is 6.46. The van der Waals surface area contributed by atoms with Crippen molar-refractivity contribution in [2.75, 3.05) is 6.61 Å². The Labute approximate surface area is 125 Å². The number of allylic oxidation sites excluding steroid dienone is 2. The normalized spacial score (nSPS) is 20.5. The molecule has 0 aromatic heterocycles. The molecule has 8 heteroatoms. The monoisotopic (exact) mass is 306 g/mol. The Kier molecular flexibility index (Phi) is 4.64. The second-order valence-electron chi connectivity index (χ2n) is 4.88. The van der Waals surface area contributed by atoms with Crippen LogP contribution in [-0.4, -0.2) is 26.7 Å². The molecule has 1 aliphatic carbocycles. The van der Waals surface area contributed by atoms with Crippen molar-refractivity contribution in [1.29, 1.82) is 0 Å². The summed E-state index contributed by atoms with van der Waals surface area (Å²) >= 11 is 0. The number of non-ortho nitro benzene ring substituents is 1. The predicted octanol–water partition coefficient (Wildman–Crippen LogP) is 1.51. The van der Waals surface area contributed by atoms with Crippen molar-refractivity contribution in [1.82, 2.24) is 0 Å². The van der Waals surface area contributed by atoms with Gasteiger partial charge in [0.1, 0.15) is 0 Å². The molecule has 0 amide bonds. The van der Waals surface area contributed by atoms with Gasteiger partial charge in [-0.1, -0.05) is 12.1 Å². The summed E-state index contributed by atoms with van der Waals surface area (Å²) in [6.07, 6.45) is 4.26. The van der Waals surface area contributed by atoms with Gasteiger partial charge in [-0.15, -0.1) is 0 Å². The Morgan fingerprint density at radius 2 is 1.86 bits per heavy atom. The summed E-state index contributed by atoms with van der Waals surface area (Å²) in [7, 11) is 0. The van der Waals surface area contributed by atoms with Crippen LogP contribution >= 0.6 is 0 Å². The van der Waals surface area contributed by atoms with Crippen molar-refractivity contribution in [2.45, 2.75) is 12.5 Å². The van der Waals surface area contributed by atoms with Crippen molar-refractivity contribution in [2.24, 2.45) is 5.92 Å². The van der Waals surface area contributed by atoms with Crippen LogP contribution < -0.4 is 0 Å². The average molecular weight is 306 g/mol. The molecule has 22 heavy (non-hydrogen) atoms. The van der Waals surface area contributed by atoms with E-state index in [0.717, 1.165) is 0 Å². The summed E-state index contributed by atoms with van der Waals surface area (Å²) in [6.45, 7) is -0.709. The Hall–Kier alpha value is -2.58. The number of nitro benzene ring substituents is 1. The first-order chi connectivity index (χ1) is 10.5. The molecule has 2 N–H and O–H groups in total. The molecule has 116 valence electrons. The predicted molar refractivity (Wildman–Crippen MR) is 76.6 cm³/mol. The van der Waals surface area contributed by atoms with E-state index in [1.54, 1.807) is 6.08 Å². The van der Waals surface area contributed by atoms with Crippen LogP contribution in [0.4, 0.5) is 5.69 Å². The third-order valence-electron chi connectivity index (χ3n) is 3.61. The Morgan fingerprint density at radius 1 is 1.14 bits per heavy atom. The minimum absolute atomic E-state index is 0.109. The quantitative estimate of drug-likeness (QED) is 0.627. The molecule has 0 saturated heterocycles. The summed E-state index contributed by atoms with van der Waals surface area (Å²) in [5.41, 5.74) is 0.708. The first kappa shape index (κ1) is 15.8. The summed E-state index contributed by atoms with van der Waals surface area (Å²) in [5.74, 6) is -0.922. The number of aliphatic hydroxyl groups excluding tert-OH is 2. The number of benzene rings is 1. The molecule has 0 fully saturated rings. The summed E-state index contributed by atoms with van der Waals surface area (Å²) in [5, 5.41) is 40.5. The van der Waals surface area contributed by atoms with E-state index >= 15 is 0 Å². The van der Waals surface area contributed by atoms with Gasteiger partial charge in [-0.3, -0.25) is 20.2 Å². The van der Waals surface area contributed by atoms with Gasteiger partial charge in [-0.25, -0.2) is 0 Å². The average Bonchev–Trinajstić information content (AvgIpc) is 2.53. The molecule has 0 radical (unpaired) electrons. The Morgan fingerprint density at radius 3 is 2.41 bits per heavy atom. The molecule has 0 bridgehead atoms. The Balaban J connectivity index is 2.41. The van der Waals surface area contributed by atoms with Crippen LogP contribution in [0.1, 0.15) is 17.0 Å². The third kappa shape index (κ3) is 3.02. The van der Waals surface area contributed by atoms with E-state index in [1.165, 1.54) is 30.4 Å². The van der Waals surface area contributed by atoms with E-state index in [-0.39, 0.29) is 18.0 Å². The van der Waals surface area contributed by atoms with Crippen molar-refractivity contribution in [3.8, 4) is 0 Å². The maximum absolute atomic E-state index is 10.8. The van der Waals surface area contributed by atoms with E-state index < -0.39 is 28.3 Å². The number of hydrogen-bond donors (Lipinski definition) is 2. The topological polar surface area (TPSA) is 127 Å². The number of hydrogen-bond acceptors (Lipinski definition) is 6. The lowest BCUT2D eigenvalue weighted by Gasteiger charge is -2.24. The van der Waals surface area contributed by atoms with Crippen molar-refractivity contribution in [3.05, 3.63) is 73.5 Å². The smallest absolute Gasteiger partial charge is 0.269 e. The van der Waals surface area contributed by atoms with Gasteiger partial charge in [0.25, 0.3) is 11.4 Å². The van der Waals surface area contributed by atoms with Crippen LogP contribution in [0.25, 0.3) is 0 Å². The van der Waals surface area contributed by atoms with Gasteiger partial charge < -0.3 is 10.2 Å². The number of nitro groups is 2. The van der Waals surface area contributed by atoms with Crippen LogP contribution in [0.2, 0.25) is 0 Å². The number of aliphatic hydroxyl groups is 2. The van der Waals surface area contributed by atoms with Gasteiger partial charge in [-0.2, -0.15) is 0 Å². The molecule has 0 spiro atoms. The highest BCUT2D eigenvalue weighted by Gasteiger charge is 2.28. The van der Waals surface area contributed by atoms with Crippen LogP contribution in [-0.2, 0) is 6.61 Å². The van der Waals surface area contributed by atoms with Crippen LogP contribution in [0, 0.1) is 26.1 Å². The van der Waals surface area contributed by atoms with E-state index in [0.29, 0.717) is 11.1 Å². The maximum Gasteiger partial charge on any atom is 0.269 e. The summed E-state index contributed by atoms with van der Waals surface area (Å²) in [4.78, 5) is 20.5. The molecule has 0 aliphatic heterocycles. The zero-order chi connectivity index (χ0) is 16.3. The fourth-order valence-electron chi connectivity index (χ4n) is 2.51. The van der Waals surface area contributed by atoms with Crippen LogP contribution in [0.5, 0.6) is 0 Å². The SMILES string of the molecule is O=[N+]([O-])C1=CC(CO)C(c2ccc([N+](=O)[O-])cc2CO)C=C1. The molecule has 1 aliphatic rings. The van der Waals surface area contributed by atoms with E-state index in [1.807, 2.05) is 0 Å². The third-order valence-corrected chi connectivity index (χ3v) is 3.61. The lowest BCUT2D eigenvalue weighted by molar-refractivity contribution is -0.419. The minimum atomic E-state index is -0.562. The van der Waals surface area contributed by atoms with Gasteiger partial charge in [-0.05, 0) is 17.2 Å². The second-order valence-corrected chi connectivity index (χ2v) is 4.88. The lowest BCUT2D eigenvalue weighted by atomic mass is 9.80. The molecule has 2 atom stereocenters. The lowest BCUT2D eigenvalue weighted by Crippen LogP contribution is -2.19. The van der Waals surface area contributed by atoms with Crippen LogP contribution in [0.3, 0.4) is 0 Å². The highest BCUT2D eigenvalue weighted by atomic mass is 16.6. The molecule has 2 unspecified atom stereocenters. The molecule has 8 nitrogen and oxygen atoms in total. The largest absolute Gasteiger partial charge is 0.396 e. The minimum Gasteiger partial charge on any atom is -0.396 e. The number of nitrogens with zero attached hydrogens (tertiary/aromatic N) is 2. The number of rotatable bonds is 5. The summed E-state index contributed by atoms with van der Waals surface area (Å²) in [6, 6.07) is 4.08. The standard InChI is InChI=1S/C14H14N2O6/c17-7-9-5-11(15(19)20)1-3-13(9)14-4-2-12(16(21)22)6-10(14)8-18/h1-6,9,13,17-18H,7-8H2. The van der Waals surface area contributed by atoms with Crippen LogP contribution in [0.15, 0.2) is 42.1 Å².